The molecule has 0 fully saturated rings. The molecule has 227 valence electrons. The Bertz CT molecular complexity index is 2240. The van der Waals surface area contributed by atoms with Crippen molar-refractivity contribution >= 4 is 59.9 Å². The fourth-order valence-corrected chi connectivity index (χ4v) is 8.74. The summed E-state index contributed by atoms with van der Waals surface area (Å²) >= 11 is 0.109. The van der Waals surface area contributed by atoms with E-state index in [0.29, 0.717) is 0 Å². The van der Waals surface area contributed by atoms with Crippen LogP contribution >= 0.6 is 11.3 Å². The Kier molecular flexibility index (Phi) is 9.63. The van der Waals surface area contributed by atoms with Crippen LogP contribution in [-0.4, -0.2) is 23.2 Å². The Hall–Kier alpha value is -3.93. The number of pyridine rings is 2. The first kappa shape index (κ1) is 32.0. The third-order valence-corrected chi connectivity index (χ3v) is 13.4. The van der Waals surface area contributed by atoms with Crippen molar-refractivity contribution in [2.75, 3.05) is 0 Å². The molecule has 46 heavy (non-hydrogen) atoms. The predicted octanol–water partition coefficient (Wildman–Crippen LogP) is 10.8. The van der Waals surface area contributed by atoms with Crippen LogP contribution in [-0.2, 0) is 20.1 Å². The van der Waals surface area contributed by atoms with Gasteiger partial charge in [-0.3, -0.25) is 0 Å². The molecule has 0 N–H and O–H groups in total. The summed E-state index contributed by atoms with van der Waals surface area (Å²) in [7, 11) is 0. The second-order valence-corrected chi connectivity index (χ2v) is 23.9. The van der Waals surface area contributed by atoms with Crippen LogP contribution in [0, 0.1) is 12.1 Å². The molecule has 0 unspecified atom stereocenters. The van der Waals surface area contributed by atoms with Crippen LogP contribution in [0.4, 0.5) is 0 Å². The number of nitrogens with zero attached hydrogens (tertiary/aromatic N) is 2. The number of aromatic nitrogens is 2. The zero-order valence-electron chi connectivity index (χ0n) is 25.9. The first-order valence-electron chi connectivity index (χ1n) is 15.1. The molecule has 5 aromatic carbocycles. The second-order valence-electron chi connectivity index (χ2n) is 12.2. The van der Waals surface area contributed by atoms with Crippen LogP contribution in [0.1, 0.15) is 0 Å². The Labute approximate surface area is 290 Å². The van der Waals surface area contributed by atoms with Crippen LogP contribution in [0.3, 0.4) is 0 Å². The Morgan fingerprint density at radius 2 is 1.33 bits per heavy atom. The standard InChI is InChI=1S/C27H16NS.C14H16GeN.Ir/c1-2-6-18(7-3-1)20-10-12-23-24-14-21(11-13-26(24)29-27(23)16-20)25-15-19-8-4-5-9-22(19)17-28-25;1-15(2,3)13-9-10-14(16-11-13)12-7-5-4-6-8-12;/h1-10,12-17H;4-7,9-11H,1-3H3;/q2*-1;. The normalized spacial score (nSPS) is 11.2. The fraction of sp³-hybridized carbons (Fsp3) is 0.0732. The van der Waals surface area contributed by atoms with Crippen molar-refractivity contribution in [2.45, 2.75) is 17.3 Å². The van der Waals surface area contributed by atoms with E-state index in [2.05, 4.69) is 136 Å². The van der Waals surface area contributed by atoms with E-state index in [1.54, 1.807) is 0 Å². The van der Waals surface area contributed by atoms with Gasteiger partial charge in [-0.2, -0.15) is 11.3 Å². The quantitative estimate of drug-likeness (QED) is 0.130. The molecule has 3 aromatic heterocycles. The molecule has 8 rings (SSSR count). The Morgan fingerprint density at radius 1 is 0.565 bits per heavy atom. The summed E-state index contributed by atoms with van der Waals surface area (Å²) in [5, 5.41) is 4.93. The van der Waals surface area contributed by atoms with Gasteiger partial charge in [-0.05, 0) is 43.7 Å². The number of fused-ring (bicyclic) bond motifs is 4. The molecule has 0 bridgehead atoms. The summed E-state index contributed by atoms with van der Waals surface area (Å²) in [6, 6.07) is 51.0. The van der Waals surface area contributed by atoms with Gasteiger partial charge in [0.1, 0.15) is 0 Å². The topological polar surface area (TPSA) is 25.8 Å². The molecule has 0 aliphatic carbocycles. The van der Waals surface area contributed by atoms with Crippen molar-refractivity contribution in [1.82, 2.24) is 9.97 Å². The number of hydrogen-bond acceptors (Lipinski definition) is 3. The maximum Gasteiger partial charge on any atom is 0.0245 e. The summed E-state index contributed by atoms with van der Waals surface area (Å²) in [6.45, 7) is 0. The summed E-state index contributed by atoms with van der Waals surface area (Å²) in [5.41, 5.74) is 6.58. The molecule has 0 atom stereocenters. The first-order chi connectivity index (χ1) is 21.9. The van der Waals surface area contributed by atoms with Gasteiger partial charge >= 0.3 is 99.8 Å². The van der Waals surface area contributed by atoms with E-state index in [4.69, 9.17) is 0 Å². The Morgan fingerprint density at radius 3 is 2.07 bits per heavy atom. The van der Waals surface area contributed by atoms with Gasteiger partial charge in [0.05, 0.1) is 0 Å². The summed E-state index contributed by atoms with van der Waals surface area (Å²) in [5.74, 6) is 7.14. The maximum atomic E-state index is 4.67. The molecule has 0 amide bonds. The number of benzene rings is 5. The fourth-order valence-electron chi connectivity index (χ4n) is 5.46. The summed E-state index contributed by atoms with van der Waals surface area (Å²) in [4.78, 5) is 9.21. The number of hydrogen-bond donors (Lipinski definition) is 0. The average Bonchev–Trinajstić information content (AvgIpc) is 3.46. The molecule has 3 heterocycles. The number of rotatable bonds is 4. The monoisotopic (exact) mass is 851 g/mol. The average molecular weight is 850 g/mol. The van der Waals surface area contributed by atoms with Crippen molar-refractivity contribution in [1.29, 1.82) is 0 Å². The zero-order chi connectivity index (χ0) is 30.8. The zero-order valence-corrected chi connectivity index (χ0v) is 31.2. The van der Waals surface area contributed by atoms with Crippen LogP contribution in [0.15, 0.2) is 140 Å². The third kappa shape index (κ3) is 6.91. The SMILES string of the molecule is [CH3][Ge]([CH3])([CH3])[c]1ccc(-c2[c-]cccc2)nc1.[Ir].[c-]1cc2sc3cc(-c4ccccc4)ccc3c2cc1-c1cc2ccccc2cn1. The van der Waals surface area contributed by atoms with Gasteiger partial charge in [-0.1, -0.05) is 78.2 Å². The van der Waals surface area contributed by atoms with Crippen LogP contribution in [0.2, 0.25) is 17.3 Å². The van der Waals surface area contributed by atoms with Crippen molar-refractivity contribution in [3.8, 4) is 33.6 Å². The van der Waals surface area contributed by atoms with Gasteiger partial charge < -0.3 is 4.98 Å². The molecule has 1 radical (unpaired) electrons. The molecule has 0 aliphatic rings. The van der Waals surface area contributed by atoms with E-state index >= 15 is 0 Å². The predicted molar refractivity (Wildman–Crippen MR) is 196 cm³/mol. The molecular weight excluding hydrogens is 817 g/mol. The van der Waals surface area contributed by atoms with Crippen molar-refractivity contribution in [3.05, 3.63) is 152 Å². The van der Waals surface area contributed by atoms with Crippen molar-refractivity contribution in [2.24, 2.45) is 0 Å². The van der Waals surface area contributed by atoms with Gasteiger partial charge in [-0.25, -0.2) is 0 Å². The molecule has 8 aromatic rings. The Balaban J connectivity index is 0.000000187. The van der Waals surface area contributed by atoms with Gasteiger partial charge in [-0.15, -0.1) is 23.8 Å². The molecule has 2 nitrogen and oxygen atoms in total. The maximum absolute atomic E-state index is 4.67. The van der Waals surface area contributed by atoms with E-state index in [-0.39, 0.29) is 20.1 Å². The number of thiophene rings is 1. The van der Waals surface area contributed by atoms with Crippen LogP contribution in [0.25, 0.3) is 64.6 Å². The van der Waals surface area contributed by atoms with E-state index in [1.165, 1.54) is 41.1 Å². The van der Waals surface area contributed by atoms with Crippen LogP contribution < -0.4 is 4.40 Å². The van der Waals surface area contributed by atoms with E-state index in [0.717, 1.165) is 27.9 Å². The summed E-state index contributed by atoms with van der Waals surface area (Å²) < 4.78 is 4.01. The van der Waals surface area contributed by atoms with Gasteiger partial charge in [0.15, 0.2) is 0 Å². The van der Waals surface area contributed by atoms with E-state index in [9.17, 15) is 0 Å². The minimum Gasteiger partial charge on any atom is -0.304 e. The van der Waals surface area contributed by atoms with E-state index in [1.807, 2.05) is 54.1 Å². The molecule has 0 spiro atoms. The molecule has 5 heteroatoms. The molecular formula is C41H32GeIrN2S-2. The molecule has 0 saturated heterocycles. The van der Waals surface area contributed by atoms with Crippen LogP contribution in [0.5, 0.6) is 0 Å². The van der Waals surface area contributed by atoms with Gasteiger partial charge in [0.2, 0.25) is 0 Å². The van der Waals surface area contributed by atoms with Gasteiger partial charge in [0, 0.05) is 31.0 Å². The van der Waals surface area contributed by atoms with E-state index < -0.39 is 13.3 Å². The largest absolute Gasteiger partial charge is 0.304 e. The minimum atomic E-state index is -1.72. The second kappa shape index (κ2) is 13.8. The molecule has 0 aliphatic heterocycles. The smallest absolute Gasteiger partial charge is 0.0245 e. The summed E-state index contributed by atoms with van der Waals surface area (Å²) in [6.07, 6.45) is 3.98. The van der Waals surface area contributed by atoms with Crippen molar-refractivity contribution < 1.29 is 20.1 Å². The third-order valence-electron chi connectivity index (χ3n) is 8.03. The van der Waals surface area contributed by atoms with Crippen molar-refractivity contribution in [3.63, 3.8) is 0 Å². The minimum absolute atomic E-state index is 0. The van der Waals surface area contributed by atoms with Gasteiger partial charge in [0.25, 0.3) is 0 Å². The molecule has 0 saturated carbocycles. The first-order valence-corrected chi connectivity index (χ1v) is 23.3.